The van der Waals surface area contributed by atoms with E-state index in [0.717, 1.165) is 6.07 Å². The van der Waals surface area contributed by atoms with E-state index in [1.807, 2.05) is 0 Å². The van der Waals surface area contributed by atoms with Crippen LogP contribution in [0, 0.1) is 15.9 Å². The zero-order valence-corrected chi connectivity index (χ0v) is 16.2. The fourth-order valence-corrected chi connectivity index (χ4v) is 2.86. The Bertz CT molecular complexity index is 1360. The minimum Gasteiger partial charge on any atom is -0.490 e. The first kappa shape index (κ1) is 20.5. The quantitative estimate of drug-likeness (QED) is 0.333. The summed E-state index contributed by atoms with van der Waals surface area (Å²) >= 11 is 0. The maximum atomic E-state index is 14.7. The lowest BCUT2D eigenvalue weighted by Gasteiger charge is -2.11. The van der Waals surface area contributed by atoms with Gasteiger partial charge < -0.3 is 19.9 Å². The van der Waals surface area contributed by atoms with Gasteiger partial charge >= 0.3 is 11.8 Å². The third-order valence-electron chi connectivity index (χ3n) is 4.31. The van der Waals surface area contributed by atoms with Crippen LogP contribution in [0.3, 0.4) is 0 Å². The summed E-state index contributed by atoms with van der Waals surface area (Å²) in [6.45, 7) is 0. The number of nitro benzene ring substituents is 1. The van der Waals surface area contributed by atoms with Gasteiger partial charge in [0.15, 0.2) is 5.75 Å². The van der Waals surface area contributed by atoms with Crippen molar-refractivity contribution in [2.45, 2.75) is 0 Å². The van der Waals surface area contributed by atoms with E-state index < -0.39 is 16.8 Å². The Labute approximate surface area is 178 Å². The zero-order chi connectivity index (χ0) is 22.8. The summed E-state index contributed by atoms with van der Waals surface area (Å²) in [6.07, 6.45) is 1.11. The lowest BCUT2D eigenvalue weighted by Crippen LogP contribution is -2.07. The number of methoxy groups -OCH3 is 1. The van der Waals surface area contributed by atoms with Crippen molar-refractivity contribution < 1.29 is 28.7 Å². The monoisotopic (exact) mass is 440 g/mol. The molecular formula is C19H13FN6O6. The lowest BCUT2D eigenvalue weighted by atomic mass is 10.2. The Morgan fingerprint density at radius 3 is 2.72 bits per heavy atom. The van der Waals surface area contributed by atoms with E-state index in [2.05, 4.69) is 20.4 Å². The molecule has 0 aliphatic carbocycles. The SMILES string of the molecule is COc1cc2ncnc(Nc3ccc(Oc4ccn(C(=O)O)n4)cc3F)c2cc1[N+](=O)[O-]. The number of nitrogens with zero attached hydrogens (tertiary/aromatic N) is 5. The minimum atomic E-state index is -1.29. The van der Waals surface area contributed by atoms with Crippen LogP contribution in [0.5, 0.6) is 17.4 Å². The van der Waals surface area contributed by atoms with Crippen LogP contribution in [0.25, 0.3) is 10.9 Å². The molecule has 0 unspecified atom stereocenters. The molecule has 0 bridgehead atoms. The smallest absolute Gasteiger partial charge is 0.432 e. The van der Waals surface area contributed by atoms with Gasteiger partial charge in [-0.25, -0.2) is 19.2 Å². The number of anilines is 2. The summed E-state index contributed by atoms with van der Waals surface area (Å²) in [6, 6.07) is 7.81. The number of halogens is 1. The second kappa shape index (κ2) is 8.14. The highest BCUT2D eigenvalue weighted by atomic mass is 19.1. The molecule has 4 rings (SSSR count). The van der Waals surface area contributed by atoms with Crippen LogP contribution in [0.4, 0.5) is 26.4 Å². The first-order chi connectivity index (χ1) is 15.4. The number of carbonyl (C=O) groups is 1. The molecule has 12 nitrogen and oxygen atoms in total. The van der Waals surface area contributed by atoms with E-state index in [9.17, 15) is 19.3 Å². The van der Waals surface area contributed by atoms with Crippen molar-refractivity contribution in [2.24, 2.45) is 0 Å². The molecule has 32 heavy (non-hydrogen) atoms. The van der Waals surface area contributed by atoms with Crippen LogP contribution < -0.4 is 14.8 Å². The largest absolute Gasteiger partial charge is 0.490 e. The molecule has 0 amide bonds. The summed E-state index contributed by atoms with van der Waals surface area (Å²) in [5.74, 6) is -0.485. The zero-order valence-electron chi connectivity index (χ0n) is 16.2. The Hall–Kier alpha value is -4.81. The van der Waals surface area contributed by atoms with Crippen LogP contribution in [0.2, 0.25) is 0 Å². The highest BCUT2D eigenvalue weighted by molar-refractivity contribution is 5.93. The van der Waals surface area contributed by atoms with E-state index in [1.54, 1.807) is 0 Å². The van der Waals surface area contributed by atoms with Gasteiger partial charge in [0.2, 0.25) is 5.88 Å². The number of hydrogen-bond donors (Lipinski definition) is 2. The molecule has 13 heteroatoms. The fraction of sp³-hybridized carbons (Fsp3) is 0.0526. The highest BCUT2D eigenvalue weighted by Gasteiger charge is 2.19. The molecule has 0 spiro atoms. The number of aromatic nitrogens is 4. The molecule has 0 saturated heterocycles. The maximum Gasteiger partial charge on any atom is 0.432 e. The van der Waals surface area contributed by atoms with Crippen molar-refractivity contribution in [1.29, 1.82) is 0 Å². The average Bonchev–Trinajstić information content (AvgIpc) is 3.23. The van der Waals surface area contributed by atoms with Crippen molar-refractivity contribution in [3.63, 3.8) is 0 Å². The number of hydrogen-bond acceptors (Lipinski definition) is 9. The lowest BCUT2D eigenvalue weighted by molar-refractivity contribution is -0.385. The van der Waals surface area contributed by atoms with Gasteiger partial charge in [-0.2, -0.15) is 4.68 Å². The summed E-state index contributed by atoms with van der Waals surface area (Å²) in [7, 11) is 1.31. The van der Waals surface area contributed by atoms with Crippen molar-refractivity contribution in [3.05, 3.63) is 64.9 Å². The fourth-order valence-electron chi connectivity index (χ4n) is 2.86. The summed E-state index contributed by atoms with van der Waals surface area (Å²) < 4.78 is 25.7. The molecule has 2 aromatic carbocycles. The van der Waals surface area contributed by atoms with Gasteiger partial charge in [-0.15, -0.1) is 5.10 Å². The predicted octanol–water partition coefficient (Wildman–Crippen LogP) is 3.94. The molecule has 0 fully saturated rings. The van der Waals surface area contributed by atoms with Crippen LogP contribution in [-0.2, 0) is 0 Å². The van der Waals surface area contributed by atoms with Crippen LogP contribution in [-0.4, -0.2) is 43.0 Å². The average molecular weight is 440 g/mol. The summed E-state index contributed by atoms with van der Waals surface area (Å²) in [5.41, 5.74) is 0.0917. The molecule has 0 saturated carbocycles. The van der Waals surface area contributed by atoms with Gasteiger partial charge in [0.05, 0.1) is 28.6 Å². The summed E-state index contributed by atoms with van der Waals surface area (Å²) in [5, 5.41) is 26.9. The highest BCUT2D eigenvalue weighted by Crippen LogP contribution is 2.35. The van der Waals surface area contributed by atoms with Crippen LogP contribution >= 0.6 is 0 Å². The number of nitro groups is 1. The molecule has 0 aliphatic heterocycles. The Balaban J connectivity index is 1.63. The Morgan fingerprint density at radius 1 is 1.25 bits per heavy atom. The molecule has 0 atom stereocenters. The molecular weight excluding hydrogens is 427 g/mol. The van der Waals surface area contributed by atoms with Gasteiger partial charge in [0.1, 0.15) is 23.7 Å². The number of rotatable bonds is 6. The summed E-state index contributed by atoms with van der Waals surface area (Å²) in [4.78, 5) is 29.7. The Morgan fingerprint density at radius 2 is 2.06 bits per heavy atom. The number of benzene rings is 2. The second-order valence-corrected chi connectivity index (χ2v) is 6.27. The van der Waals surface area contributed by atoms with Crippen molar-refractivity contribution >= 4 is 34.2 Å². The minimum absolute atomic E-state index is 0.0203. The first-order valence-electron chi connectivity index (χ1n) is 8.86. The molecule has 2 aromatic heterocycles. The Kier molecular flexibility index (Phi) is 5.20. The van der Waals surface area contributed by atoms with Crippen molar-refractivity contribution in [1.82, 2.24) is 19.7 Å². The second-order valence-electron chi connectivity index (χ2n) is 6.27. The number of ether oxygens (including phenoxy) is 2. The molecule has 2 N–H and O–H groups in total. The van der Waals surface area contributed by atoms with Crippen LogP contribution in [0.15, 0.2) is 48.9 Å². The number of nitrogens with one attached hydrogen (secondary N) is 1. The van der Waals surface area contributed by atoms with Crippen molar-refractivity contribution in [3.8, 4) is 17.4 Å². The molecule has 162 valence electrons. The first-order valence-corrected chi connectivity index (χ1v) is 8.86. The van der Waals surface area contributed by atoms with E-state index >= 15 is 0 Å². The maximum absolute atomic E-state index is 14.7. The standard InChI is InChI=1S/C19H13FN6O6/c1-31-16-8-14-11(7-15(16)26(29)30)18(22-9-21-14)23-13-3-2-10(6-12(13)20)32-17-4-5-25(24-17)19(27)28/h2-9H,1H3,(H,27,28)(H,21,22,23). The van der Waals surface area contributed by atoms with Gasteiger partial charge in [0.25, 0.3) is 0 Å². The van der Waals surface area contributed by atoms with Gasteiger partial charge in [-0.05, 0) is 12.1 Å². The van der Waals surface area contributed by atoms with Crippen molar-refractivity contribution in [2.75, 3.05) is 12.4 Å². The van der Waals surface area contributed by atoms with Gasteiger partial charge in [-0.3, -0.25) is 10.1 Å². The molecule has 0 aliphatic rings. The van der Waals surface area contributed by atoms with Gasteiger partial charge in [-0.1, -0.05) is 0 Å². The van der Waals surface area contributed by atoms with Crippen LogP contribution in [0.1, 0.15) is 0 Å². The third kappa shape index (κ3) is 3.94. The van der Waals surface area contributed by atoms with E-state index in [-0.39, 0.29) is 34.6 Å². The molecule has 2 heterocycles. The van der Waals surface area contributed by atoms with E-state index in [4.69, 9.17) is 14.6 Å². The van der Waals surface area contributed by atoms with E-state index in [1.165, 1.54) is 50.0 Å². The topological polar surface area (TPSA) is 155 Å². The third-order valence-corrected chi connectivity index (χ3v) is 4.31. The molecule has 4 aromatic rings. The molecule has 0 radical (unpaired) electrons. The number of carboxylic acid groups (broad SMARTS) is 1. The predicted molar refractivity (Wildman–Crippen MR) is 108 cm³/mol. The van der Waals surface area contributed by atoms with E-state index in [0.29, 0.717) is 15.6 Å². The van der Waals surface area contributed by atoms with Gasteiger partial charge in [0, 0.05) is 30.5 Å². The normalized spacial score (nSPS) is 10.7. The number of fused-ring (bicyclic) bond motifs is 1.